The first kappa shape index (κ1) is 17.0. The van der Waals surface area contributed by atoms with Gasteiger partial charge in [-0.05, 0) is 56.1 Å². The zero-order valence-electron chi connectivity index (χ0n) is 14.9. The van der Waals surface area contributed by atoms with Crippen LogP contribution in [0.2, 0.25) is 0 Å². The average Bonchev–Trinajstić information content (AvgIpc) is 3.01. The fraction of sp³-hybridized carbons (Fsp3) is 0.526. The van der Waals surface area contributed by atoms with Gasteiger partial charge in [-0.15, -0.1) is 0 Å². The number of methoxy groups -OCH3 is 1. The Morgan fingerprint density at radius 2 is 2.00 bits per heavy atom. The van der Waals surface area contributed by atoms with Crippen LogP contribution in [-0.4, -0.2) is 41.9 Å². The van der Waals surface area contributed by atoms with Crippen LogP contribution in [0.5, 0.6) is 5.75 Å². The van der Waals surface area contributed by atoms with E-state index in [9.17, 15) is 0 Å². The summed E-state index contributed by atoms with van der Waals surface area (Å²) < 4.78 is 7.23. The van der Waals surface area contributed by atoms with Gasteiger partial charge in [0.25, 0.3) is 0 Å². The van der Waals surface area contributed by atoms with E-state index in [1.807, 2.05) is 30.1 Å². The minimum absolute atomic E-state index is 0.439. The molecule has 0 spiro atoms. The lowest BCUT2D eigenvalue weighted by Crippen LogP contribution is -2.41. The van der Waals surface area contributed by atoms with Crippen LogP contribution < -0.4 is 10.1 Å². The number of hydrogen-bond acceptors (Lipinski definition) is 4. The van der Waals surface area contributed by atoms with Crippen LogP contribution in [0.1, 0.15) is 30.1 Å². The molecule has 5 heteroatoms. The first-order chi connectivity index (χ1) is 11.7. The molecular weight excluding hydrogens is 300 g/mol. The van der Waals surface area contributed by atoms with Crippen molar-refractivity contribution in [1.29, 1.82) is 0 Å². The lowest BCUT2D eigenvalue weighted by Gasteiger charge is -2.39. The van der Waals surface area contributed by atoms with E-state index in [1.54, 1.807) is 7.11 Å². The molecule has 1 fully saturated rings. The van der Waals surface area contributed by atoms with Crippen LogP contribution in [0.15, 0.2) is 36.5 Å². The third-order valence-electron chi connectivity index (χ3n) is 5.06. The number of nitrogens with zero attached hydrogens (tertiary/aromatic N) is 3. The summed E-state index contributed by atoms with van der Waals surface area (Å²) in [4.78, 5) is 2.47. The number of ether oxygens (including phenoxy) is 1. The largest absolute Gasteiger partial charge is 0.497 e. The van der Waals surface area contributed by atoms with Gasteiger partial charge in [0.05, 0.1) is 18.8 Å². The van der Waals surface area contributed by atoms with E-state index >= 15 is 0 Å². The summed E-state index contributed by atoms with van der Waals surface area (Å²) in [5.74, 6) is 1.52. The van der Waals surface area contributed by atoms with Crippen LogP contribution in [0, 0.1) is 5.92 Å². The van der Waals surface area contributed by atoms with Crippen LogP contribution >= 0.6 is 0 Å². The average molecular weight is 328 g/mol. The summed E-state index contributed by atoms with van der Waals surface area (Å²) in [6, 6.07) is 10.9. The van der Waals surface area contributed by atoms with E-state index in [2.05, 4.69) is 40.6 Å². The molecule has 1 aliphatic heterocycles. The molecule has 0 amide bonds. The number of aryl methyl sites for hydroxylation is 1. The molecule has 2 heterocycles. The molecule has 0 saturated carbocycles. The monoisotopic (exact) mass is 328 g/mol. The molecular formula is C19H28N4O. The molecule has 1 aromatic carbocycles. The lowest BCUT2D eigenvalue weighted by molar-refractivity contribution is 0.113. The Morgan fingerprint density at radius 1 is 1.21 bits per heavy atom. The maximum Gasteiger partial charge on any atom is 0.118 e. The number of nitrogens with one attached hydrogen (secondary N) is 1. The summed E-state index contributed by atoms with van der Waals surface area (Å²) in [7, 11) is 5.97. The molecule has 0 radical (unpaired) electrons. The Hall–Kier alpha value is -1.85. The van der Waals surface area contributed by atoms with Crippen molar-refractivity contribution in [3.05, 3.63) is 47.8 Å². The van der Waals surface area contributed by atoms with Gasteiger partial charge in [0.2, 0.25) is 0 Å². The minimum atomic E-state index is 0.439. The molecule has 0 unspecified atom stereocenters. The van der Waals surface area contributed by atoms with Gasteiger partial charge in [-0.3, -0.25) is 9.58 Å². The first-order valence-corrected chi connectivity index (χ1v) is 8.71. The zero-order chi connectivity index (χ0) is 16.9. The molecule has 2 aromatic rings. The zero-order valence-corrected chi connectivity index (χ0v) is 14.9. The van der Waals surface area contributed by atoms with Gasteiger partial charge < -0.3 is 10.1 Å². The Morgan fingerprint density at radius 3 is 2.67 bits per heavy atom. The van der Waals surface area contributed by atoms with E-state index in [-0.39, 0.29) is 0 Å². The number of piperidine rings is 1. The second kappa shape index (κ2) is 7.81. The van der Waals surface area contributed by atoms with Crippen molar-refractivity contribution in [2.75, 3.05) is 27.2 Å². The Balaban J connectivity index is 1.60. The van der Waals surface area contributed by atoms with Gasteiger partial charge in [-0.25, -0.2) is 0 Å². The van der Waals surface area contributed by atoms with Gasteiger partial charge >= 0.3 is 0 Å². The molecule has 130 valence electrons. The number of aromatic nitrogens is 2. The maximum absolute atomic E-state index is 5.21. The molecule has 0 bridgehead atoms. The number of rotatable bonds is 6. The third kappa shape index (κ3) is 3.79. The van der Waals surface area contributed by atoms with Crippen molar-refractivity contribution < 1.29 is 4.74 Å². The van der Waals surface area contributed by atoms with E-state index in [0.29, 0.717) is 12.0 Å². The maximum atomic E-state index is 5.21. The van der Waals surface area contributed by atoms with E-state index in [4.69, 9.17) is 4.74 Å². The summed E-state index contributed by atoms with van der Waals surface area (Å²) >= 11 is 0. The Labute approximate surface area is 144 Å². The van der Waals surface area contributed by atoms with Crippen molar-refractivity contribution in [3.8, 4) is 5.75 Å². The molecule has 1 aromatic heterocycles. The summed E-state index contributed by atoms with van der Waals surface area (Å²) in [6.45, 7) is 3.07. The van der Waals surface area contributed by atoms with Crippen molar-refractivity contribution in [2.24, 2.45) is 13.0 Å². The highest BCUT2D eigenvalue weighted by Gasteiger charge is 2.31. The topological polar surface area (TPSA) is 42.3 Å². The van der Waals surface area contributed by atoms with Crippen molar-refractivity contribution in [3.63, 3.8) is 0 Å². The van der Waals surface area contributed by atoms with Crippen molar-refractivity contribution in [2.45, 2.75) is 25.4 Å². The van der Waals surface area contributed by atoms with Gasteiger partial charge in [0.15, 0.2) is 0 Å². The van der Waals surface area contributed by atoms with Crippen molar-refractivity contribution >= 4 is 0 Å². The fourth-order valence-corrected chi connectivity index (χ4v) is 3.76. The molecule has 1 saturated heterocycles. The smallest absolute Gasteiger partial charge is 0.118 e. The lowest BCUT2D eigenvalue weighted by atomic mass is 9.87. The van der Waals surface area contributed by atoms with Gasteiger partial charge in [-0.2, -0.15) is 5.10 Å². The fourth-order valence-electron chi connectivity index (χ4n) is 3.76. The first-order valence-electron chi connectivity index (χ1n) is 8.71. The Kier molecular flexibility index (Phi) is 5.53. The minimum Gasteiger partial charge on any atom is -0.497 e. The quantitative estimate of drug-likeness (QED) is 0.885. The van der Waals surface area contributed by atoms with Crippen LogP contribution in [0.3, 0.4) is 0 Å². The van der Waals surface area contributed by atoms with E-state index < -0.39 is 0 Å². The summed E-state index contributed by atoms with van der Waals surface area (Å²) in [6.07, 6.45) is 4.43. The molecule has 5 nitrogen and oxygen atoms in total. The van der Waals surface area contributed by atoms with Crippen LogP contribution in [0.4, 0.5) is 0 Å². The number of hydrogen-bond donors (Lipinski definition) is 1. The molecule has 24 heavy (non-hydrogen) atoms. The highest BCUT2D eigenvalue weighted by molar-refractivity contribution is 5.27. The SMILES string of the molecule is COc1ccc(CNC[C@@H]2CCCN(C)[C@H]2c2ccnn2C)cc1. The van der Waals surface area contributed by atoms with Gasteiger partial charge in [-0.1, -0.05) is 12.1 Å². The summed E-state index contributed by atoms with van der Waals surface area (Å²) in [5.41, 5.74) is 2.60. The molecule has 0 aliphatic carbocycles. The Bertz CT molecular complexity index is 637. The number of benzene rings is 1. The van der Waals surface area contributed by atoms with Crippen molar-refractivity contribution in [1.82, 2.24) is 20.0 Å². The molecule has 2 atom stereocenters. The highest BCUT2D eigenvalue weighted by Crippen LogP contribution is 2.34. The predicted octanol–water partition coefficient (Wildman–Crippen LogP) is 2.60. The van der Waals surface area contributed by atoms with Gasteiger partial charge in [0, 0.05) is 26.3 Å². The molecule has 1 aliphatic rings. The third-order valence-corrected chi connectivity index (χ3v) is 5.06. The van der Waals surface area contributed by atoms with E-state index in [1.165, 1.54) is 24.1 Å². The number of likely N-dealkylation sites (tertiary alicyclic amines) is 1. The molecule has 1 N–H and O–H groups in total. The van der Waals surface area contributed by atoms with E-state index in [0.717, 1.165) is 25.4 Å². The summed E-state index contributed by atoms with van der Waals surface area (Å²) in [5, 5.41) is 8.01. The van der Waals surface area contributed by atoms with Crippen LogP contribution in [0.25, 0.3) is 0 Å². The molecule has 3 rings (SSSR count). The second-order valence-corrected chi connectivity index (χ2v) is 6.69. The van der Waals surface area contributed by atoms with Crippen LogP contribution in [-0.2, 0) is 13.6 Å². The highest BCUT2D eigenvalue weighted by atomic mass is 16.5. The van der Waals surface area contributed by atoms with Gasteiger partial charge in [0.1, 0.15) is 5.75 Å². The standard InChI is InChI=1S/C19H28N4O/c1-22-12-4-5-16(19(22)18-10-11-21-23(18)2)14-20-13-15-6-8-17(24-3)9-7-15/h6-11,16,19-20H,4-5,12-14H2,1-3H3/t16-,19+/m0/s1. The predicted molar refractivity (Wildman–Crippen MR) is 96.0 cm³/mol. The normalized spacial score (nSPS) is 21.8. The second-order valence-electron chi connectivity index (χ2n) is 6.69.